The summed E-state index contributed by atoms with van der Waals surface area (Å²) in [6.07, 6.45) is 1.58. The van der Waals surface area contributed by atoms with Gasteiger partial charge in [-0.15, -0.1) is 0 Å². The number of fused-ring (bicyclic) bond motifs is 2. The molecule has 0 saturated carbocycles. The Morgan fingerprint density at radius 2 is 1.71 bits per heavy atom. The molecular weight excluding hydrogens is 850 g/mol. The second kappa shape index (κ2) is 27.1. The predicted molar refractivity (Wildman–Crippen MR) is 235 cm³/mol. The van der Waals surface area contributed by atoms with Gasteiger partial charge in [0.05, 0.1) is 18.7 Å². The van der Waals surface area contributed by atoms with Gasteiger partial charge in [-0.3, -0.25) is 28.7 Å². The summed E-state index contributed by atoms with van der Waals surface area (Å²) in [7, 11) is 3.01. The van der Waals surface area contributed by atoms with Gasteiger partial charge in [-0.2, -0.15) is 0 Å². The van der Waals surface area contributed by atoms with Gasteiger partial charge in [-0.05, 0) is 74.9 Å². The second-order valence-electron chi connectivity index (χ2n) is 14.4. The van der Waals surface area contributed by atoms with E-state index in [0.29, 0.717) is 32.4 Å². The molecule has 5 N–H and O–H groups in total. The van der Waals surface area contributed by atoms with Crippen molar-refractivity contribution in [3.8, 4) is 0 Å². The molecule has 3 saturated heterocycles. The first kappa shape index (κ1) is 53.1. The summed E-state index contributed by atoms with van der Waals surface area (Å²) >= 11 is 6.98. The first-order chi connectivity index (χ1) is 29.5. The number of nitrogens with zero attached hydrogens (tertiary/aromatic N) is 3. The standard InChI is InChI=1S/C23H37N5O6S.C10H11ClFN3O2.C7H7F.C2H6/c1-5-35-24-12-18-20(30)25-15(3)21(31)27-9-6-7-16(27)23(33)34-10-8-19(29)28-13-14(2)11-17(28)22(32)26(18)4;1-13-9(16)5-14-10(17)15-8-3-2-6(11)4-7(8)12;1-6-3-2-4-7(8)5-6;1-2/h14-18,24H,5-13H2,1-4H3,(H,25,30);2-4H,5H2,1H3,(H,13,16)(H2,14,15,17);2-5H,1H3;1-2H3. The maximum atomic E-state index is 13.5. The molecule has 344 valence electrons. The Labute approximate surface area is 372 Å². The van der Waals surface area contributed by atoms with Gasteiger partial charge < -0.3 is 40.7 Å². The molecule has 0 bridgehead atoms. The first-order valence-corrected chi connectivity index (χ1v) is 21.9. The highest BCUT2D eigenvalue weighted by Gasteiger charge is 2.43. The molecule has 5 unspecified atom stereocenters. The number of cyclic esters (lactones) is 1. The van der Waals surface area contributed by atoms with Crippen molar-refractivity contribution in [2.24, 2.45) is 5.92 Å². The summed E-state index contributed by atoms with van der Waals surface area (Å²) in [5, 5.41) is 9.82. The number of hydrogen-bond donors (Lipinski definition) is 5. The monoisotopic (exact) mass is 910 g/mol. The summed E-state index contributed by atoms with van der Waals surface area (Å²) in [4.78, 5) is 92.0. The maximum Gasteiger partial charge on any atom is 0.328 e. The SMILES string of the molecule is CC.CCSNCC1C(=O)NC(C)C(=O)N2CCCC2C(=O)OCCC(=O)N2CC(C)CC2C(=O)N1C.CNC(=O)CNC(=O)Nc1ccc(Cl)cc1F.Cc1cccc(F)c1. The normalized spacial score (nSPS) is 21.6. The van der Waals surface area contributed by atoms with Crippen LogP contribution in [0.5, 0.6) is 0 Å². The summed E-state index contributed by atoms with van der Waals surface area (Å²) in [5.41, 5.74) is 0.953. The quantitative estimate of drug-likeness (QED) is 0.152. The molecule has 3 aliphatic heterocycles. The number of anilines is 1. The Kier molecular flexibility index (Phi) is 23.3. The topological polar surface area (TPSA) is 199 Å². The molecule has 0 spiro atoms. The van der Waals surface area contributed by atoms with E-state index in [0.717, 1.165) is 17.4 Å². The highest BCUT2D eigenvalue weighted by molar-refractivity contribution is 7.97. The number of hydrogen-bond acceptors (Lipinski definition) is 10. The predicted octanol–water partition coefficient (Wildman–Crippen LogP) is 4.26. The Hall–Kier alpha value is -5.01. The van der Waals surface area contributed by atoms with Crippen molar-refractivity contribution >= 4 is 70.8 Å². The first-order valence-electron chi connectivity index (χ1n) is 20.6. The van der Waals surface area contributed by atoms with Crippen molar-refractivity contribution in [1.29, 1.82) is 0 Å². The number of esters is 1. The van der Waals surface area contributed by atoms with Crippen LogP contribution in [-0.4, -0.2) is 133 Å². The average molecular weight is 912 g/mol. The van der Waals surface area contributed by atoms with E-state index < -0.39 is 47.9 Å². The van der Waals surface area contributed by atoms with Gasteiger partial charge in [0.1, 0.15) is 42.4 Å². The number of carbonyl (C=O) groups is 7. The van der Waals surface area contributed by atoms with Crippen molar-refractivity contribution in [3.63, 3.8) is 0 Å². The summed E-state index contributed by atoms with van der Waals surface area (Å²) in [5.74, 6) is -2.25. The van der Waals surface area contributed by atoms with Crippen LogP contribution in [-0.2, 0) is 33.5 Å². The molecule has 0 aliphatic carbocycles. The molecule has 2 aromatic rings. The Morgan fingerprint density at radius 1 is 1.00 bits per heavy atom. The second-order valence-corrected chi connectivity index (χ2v) is 16.0. The van der Waals surface area contributed by atoms with Gasteiger partial charge in [0.25, 0.3) is 0 Å². The molecule has 3 heterocycles. The summed E-state index contributed by atoms with van der Waals surface area (Å²) in [6, 6.07) is 6.51. The van der Waals surface area contributed by atoms with E-state index in [1.165, 1.54) is 53.1 Å². The number of ether oxygens (including phenoxy) is 1. The Balaban J connectivity index is 0.000000402. The molecule has 16 nitrogen and oxygen atoms in total. The van der Waals surface area contributed by atoms with Gasteiger partial charge >= 0.3 is 12.0 Å². The van der Waals surface area contributed by atoms with Crippen LogP contribution in [0.4, 0.5) is 19.3 Å². The van der Waals surface area contributed by atoms with Crippen molar-refractivity contribution in [2.75, 3.05) is 58.0 Å². The zero-order valence-electron chi connectivity index (χ0n) is 36.6. The molecule has 3 fully saturated rings. The van der Waals surface area contributed by atoms with Gasteiger partial charge in [-0.25, -0.2) is 18.4 Å². The van der Waals surface area contributed by atoms with E-state index in [1.807, 2.05) is 40.7 Å². The Bertz CT molecular complexity index is 1830. The average Bonchev–Trinajstić information content (AvgIpc) is 3.90. The van der Waals surface area contributed by atoms with Crippen LogP contribution in [0.3, 0.4) is 0 Å². The highest BCUT2D eigenvalue weighted by Crippen LogP contribution is 2.26. The Morgan fingerprint density at radius 3 is 2.32 bits per heavy atom. The van der Waals surface area contributed by atoms with E-state index in [2.05, 4.69) is 26.0 Å². The van der Waals surface area contributed by atoms with Crippen LogP contribution >= 0.6 is 23.5 Å². The smallest absolute Gasteiger partial charge is 0.328 e. The number of nitrogens with one attached hydrogen (secondary N) is 5. The zero-order chi connectivity index (χ0) is 46.5. The van der Waals surface area contributed by atoms with Crippen molar-refractivity contribution < 1.29 is 47.1 Å². The van der Waals surface area contributed by atoms with Gasteiger partial charge in [0, 0.05) is 44.5 Å². The molecule has 20 heteroatoms. The van der Waals surface area contributed by atoms with E-state index in [1.54, 1.807) is 24.9 Å². The number of urea groups is 1. The molecule has 7 amide bonds. The van der Waals surface area contributed by atoms with Crippen molar-refractivity contribution in [2.45, 2.75) is 91.4 Å². The fourth-order valence-electron chi connectivity index (χ4n) is 6.58. The number of aryl methyl sites for hydroxylation is 1. The minimum atomic E-state index is -0.878. The third-order valence-corrected chi connectivity index (χ3v) is 10.6. The summed E-state index contributed by atoms with van der Waals surface area (Å²) in [6.45, 7) is 12.1. The highest BCUT2D eigenvalue weighted by atomic mass is 35.5. The van der Waals surface area contributed by atoms with Gasteiger partial charge in [0.2, 0.25) is 29.5 Å². The third-order valence-electron chi connectivity index (χ3n) is 9.70. The molecule has 0 radical (unpaired) electrons. The number of amides is 7. The number of benzene rings is 2. The molecule has 2 aromatic carbocycles. The lowest BCUT2D eigenvalue weighted by Gasteiger charge is -2.34. The van der Waals surface area contributed by atoms with Crippen LogP contribution < -0.4 is 26.0 Å². The van der Waals surface area contributed by atoms with Gasteiger partial charge in [-0.1, -0.05) is 63.4 Å². The molecule has 0 aromatic heterocycles. The van der Waals surface area contributed by atoms with E-state index in [4.69, 9.17) is 16.3 Å². The van der Waals surface area contributed by atoms with Crippen molar-refractivity contribution in [1.82, 2.24) is 35.4 Å². The number of likely N-dealkylation sites (N-methyl/N-ethyl adjacent to an activating group) is 2. The third kappa shape index (κ3) is 16.7. The van der Waals surface area contributed by atoms with Crippen LogP contribution in [0.2, 0.25) is 5.02 Å². The zero-order valence-corrected chi connectivity index (χ0v) is 38.2. The largest absolute Gasteiger partial charge is 0.464 e. The van der Waals surface area contributed by atoms with Crippen LogP contribution in [0, 0.1) is 24.5 Å². The molecule has 3 aliphatic rings. The fraction of sp³-hybridized carbons (Fsp3) is 0.548. The fourth-order valence-corrected chi connectivity index (χ4v) is 7.21. The number of halogens is 3. The minimum Gasteiger partial charge on any atom is -0.464 e. The van der Waals surface area contributed by atoms with E-state index >= 15 is 0 Å². The molecule has 5 rings (SSSR count). The van der Waals surface area contributed by atoms with Crippen molar-refractivity contribution in [3.05, 3.63) is 64.7 Å². The number of rotatable bonds is 7. The minimum absolute atomic E-state index is 0.0104. The van der Waals surface area contributed by atoms with Crippen LogP contribution in [0.25, 0.3) is 0 Å². The number of carbonyl (C=O) groups excluding carboxylic acids is 7. The molecule has 62 heavy (non-hydrogen) atoms. The maximum absolute atomic E-state index is 13.5. The summed E-state index contributed by atoms with van der Waals surface area (Å²) < 4.78 is 33.9. The van der Waals surface area contributed by atoms with Crippen LogP contribution in [0.15, 0.2) is 42.5 Å². The lowest BCUT2D eigenvalue weighted by Crippen LogP contribution is -2.59. The lowest BCUT2D eigenvalue weighted by atomic mass is 10.1. The van der Waals surface area contributed by atoms with E-state index in [-0.39, 0.29) is 72.2 Å². The van der Waals surface area contributed by atoms with Crippen LogP contribution in [0.1, 0.15) is 65.9 Å². The lowest BCUT2D eigenvalue weighted by molar-refractivity contribution is -0.156. The van der Waals surface area contributed by atoms with Gasteiger partial charge in [0.15, 0.2) is 0 Å². The molecule has 5 atom stereocenters. The van der Waals surface area contributed by atoms with E-state index in [9.17, 15) is 42.3 Å². The molecular formula is C42H61ClF2N8O8S.